The van der Waals surface area contributed by atoms with E-state index in [9.17, 15) is 4.79 Å². The molecule has 2 aromatic carbocycles. The zero-order valence-corrected chi connectivity index (χ0v) is 17.3. The second-order valence-electron chi connectivity index (χ2n) is 6.55. The van der Waals surface area contributed by atoms with Crippen LogP contribution in [-0.2, 0) is 0 Å². The molecule has 0 saturated heterocycles. The first-order valence-corrected chi connectivity index (χ1v) is 9.89. The summed E-state index contributed by atoms with van der Waals surface area (Å²) in [5, 5.41) is 3.39. The second-order valence-corrected chi connectivity index (χ2v) is 6.99. The van der Waals surface area contributed by atoms with Gasteiger partial charge in [-0.05, 0) is 56.3 Å². The fraction of sp³-hybridized carbons (Fsp3) is 0.130. The van der Waals surface area contributed by atoms with Crippen molar-refractivity contribution >= 4 is 28.8 Å². The van der Waals surface area contributed by atoms with E-state index in [0.717, 1.165) is 0 Å². The molecule has 1 N–H and O–H groups in total. The Labute approximate surface area is 179 Å². The zero-order chi connectivity index (χ0) is 21.1. The standard InChI is InChI=1S/C23H20ClN3O3/c1-3-29-20-10-7-13-27-21(15(2)25-22(20)27)23(28)26-18-14-16(24)11-12-19(18)30-17-8-5-4-6-9-17/h4-14H,3H2,1-2H3,(H,26,28). The van der Waals surface area contributed by atoms with E-state index in [-0.39, 0.29) is 5.91 Å². The van der Waals surface area contributed by atoms with E-state index in [1.54, 1.807) is 35.7 Å². The Bertz CT molecular complexity index is 1210. The Hall–Kier alpha value is -3.51. The lowest BCUT2D eigenvalue weighted by molar-refractivity contribution is 0.102. The normalized spacial score (nSPS) is 10.8. The number of carbonyl (C=O) groups is 1. The number of pyridine rings is 1. The van der Waals surface area contributed by atoms with Crippen LogP contribution in [0.15, 0.2) is 66.9 Å². The highest BCUT2D eigenvalue weighted by Gasteiger charge is 2.20. The quantitative estimate of drug-likeness (QED) is 0.431. The van der Waals surface area contributed by atoms with E-state index in [1.165, 1.54) is 0 Å². The number of hydrogen-bond acceptors (Lipinski definition) is 4. The average molecular weight is 422 g/mol. The maximum absolute atomic E-state index is 13.2. The first-order valence-electron chi connectivity index (χ1n) is 9.51. The lowest BCUT2D eigenvalue weighted by Gasteiger charge is -2.13. The molecule has 2 aromatic heterocycles. The molecule has 0 atom stereocenters. The van der Waals surface area contributed by atoms with Gasteiger partial charge in [0.05, 0.1) is 18.0 Å². The van der Waals surface area contributed by atoms with Crippen LogP contribution in [0.1, 0.15) is 23.1 Å². The van der Waals surface area contributed by atoms with E-state index >= 15 is 0 Å². The van der Waals surface area contributed by atoms with Crippen LogP contribution in [0, 0.1) is 6.92 Å². The van der Waals surface area contributed by atoms with Crippen LogP contribution in [0.25, 0.3) is 5.65 Å². The number of carbonyl (C=O) groups excluding carboxylic acids is 1. The maximum Gasteiger partial charge on any atom is 0.274 e. The molecule has 0 fully saturated rings. The Morgan fingerprint density at radius 2 is 1.90 bits per heavy atom. The van der Waals surface area contributed by atoms with E-state index < -0.39 is 0 Å². The highest BCUT2D eigenvalue weighted by Crippen LogP contribution is 2.33. The fourth-order valence-electron chi connectivity index (χ4n) is 3.18. The highest BCUT2D eigenvalue weighted by molar-refractivity contribution is 6.31. The number of fused-ring (bicyclic) bond motifs is 1. The van der Waals surface area contributed by atoms with Crippen molar-refractivity contribution < 1.29 is 14.3 Å². The van der Waals surface area contributed by atoms with Gasteiger partial charge in [-0.15, -0.1) is 0 Å². The summed E-state index contributed by atoms with van der Waals surface area (Å²) in [4.78, 5) is 17.7. The average Bonchev–Trinajstić information content (AvgIpc) is 3.08. The SMILES string of the molecule is CCOc1cccn2c(C(=O)Nc3cc(Cl)ccc3Oc3ccccc3)c(C)nc12. The number of aryl methyl sites for hydroxylation is 1. The van der Waals surface area contributed by atoms with Crippen LogP contribution in [0.4, 0.5) is 5.69 Å². The number of amides is 1. The smallest absolute Gasteiger partial charge is 0.274 e. The molecule has 0 aliphatic heterocycles. The Morgan fingerprint density at radius 3 is 2.67 bits per heavy atom. The number of benzene rings is 2. The summed E-state index contributed by atoms with van der Waals surface area (Å²) in [7, 11) is 0. The van der Waals surface area contributed by atoms with E-state index in [0.29, 0.717) is 51.6 Å². The third-order valence-electron chi connectivity index (χ3n) is 4.46. The lowest BCUT2D eigenvalue weighted by Crippen LogP contribution is -2.16. The summed E-state index contributed by atoms with van der Waals surface area (Å²) in [6.45, 7) is 4.20. The molecule has 0 aliphatic carbocycles. The van der Waals surface area contributed by atoms with Crippen molar-refractivity contribution in [3.8, 4) is 17.2 Å². The van der Waals surface area contributed by atoms with Gasteiger partial charge in [-0.25, -0.2) is 4.98 Å². The van der Waals surface area contributed by atoms with Gasteiger partial charge in [0.15, 0.2) is 17.1 Å². The van der Waals surface area contributed by atoms with Crippen LogP contribution in [0.5, 0.6) is 17.2 Å². The molecule has 1 amide bonds. The third kappa shape index (κ3) is 3.95. The van der Waals surface area contributed by atoms with Crippen molar-refractivity contribution in [1.82, 2.24) is 9.38 Å². The second kappa shape index (κ2) is 8.47. The Kier molecular flexibility index (Phi) is 5.59. The first-order chi connectivity index (χ1) is 14.6. The highest BCUT2D eigenvalue weighted by atomic mass is 35.5. The molecular weight excluding hydrogens is 402 g/mol. The molecule has 0 radical (unpaired) electrons. The van der Waals surface area contributed by atoms with Crippen molar-refractivity contribution in [3.05, 3.63) is 83.3 Å². The van der Waals surface area contributed by atoms with Gasteiger partial charge in [0.1, 0.15) is 11.4 Å². The number of aromatic nitrogens is 2. The maximum atomic E-state index is 13.2. The van der Waals surface area contributed by atoms with Gasteiger partial charge in [0.25, 0.3) is 5.91 Å². The first kappa shape index (κ1) is 19.8. The number of halogens is 1. The van der Waals surface area contributed by atoms with Gasteiger partial charge in [0, 0.05) is 11.2 Å². The zero-order valence-electron chi connectivity index (χ0n) is 16.6. The van der Waals surface area contributed by atoms with Crippen LogP contribution in [-0.4, -0.2) is 21.9 Å². The topological polar surface area (TPSA) is 64.9 Å². The minimum atomic E-state index is -0.325. The molecular formula is C23H20ClN3O3. The number of ether oxygens (including phenoxy) is 2. The van der Waals surface area contributed by atoms with E-state index in [4.69, 9.17) is 21.1 Å². The van der Waals surface area contributed by atoms with E-state index in [2.05, 4.69) is 10.3 Å². The number of imidazole rings is 1. The number of nitrogens with one attached hydrogen (secondary N) is 1. The molecule has 0 saturated carbocycles. The third-order valence-corrected chi connectivity index (χ3v) is 4.70. The van der Waals surface area contributed by atoms with Crippen molar-refractivity contribution in [2.75, 3.05) is 11.9 Å². The summed E-state index contributed by atoms with van der Waals surface area (Å²) in [6, 6.07) is 18.1. The number of para-hydroxylation sites is 1. The van der Waals surface area contributed by atoms with Crippen LogP contribution < -0.4 is 14.8 Å². The monoisotopic (exact) mass is 421 g/mol. The van der Waals surface area contributed by atoms with Gasteiger partial charge in [-0.2, -0.15) is 0 Å². The molecule has 30 heavy (non-hydrogen) atoms. The Balaban J connectivity index is 1.69. The molecule has 6 nitrogen and oxygen atoms in total. The van der Waals surface area contributed by atoms with Crippen LogP contribution in [0.3, 0.4) is 0 Å². The molecule has 0 bridgehead atoms. The summed E-state index contributed by atoms with van der Waals surface area (Å²) in [5.74, 6) is 1.44. The van der Waals surface area contributed by atoms with Crippen molar-refractivity contribution in [1.29, 1.82) is 0 Å². The largest absolute Gasteiger partial charge is 0.490 e. The number of rotatable bonds is 6. The van der Waals surface area contributed by atoms with Gasteiger partial charge in [0.2, 0.25) is 0 Å². The van der Waals surface area contributed by atoms with Crippen molar-refractivity contribution in [2.24, 2.45) is 0 Å². The molecule has 0 spiro atoms. The van der Waals surface area contributed by atoms with Gasteiger partial charge < -0.3 is 14.8 Å². The number of nitrogens with zero attached hydrogens (tertiary/aromatic N) is 2. The van der Waals surface area contributed by atoms with Gasteiger partial charge in [-0.3, -0.25) is 9.20 Å². The predicted octanol–water partition coefficient (Wildman–Crippen LogP) is 5.74. The minimum Gasteiger partial charge on any atom is -0.490 e. The molecule has 0 aliphatic rings. The predicted molar refractivity (Wildman–Crippen MR) is 117 cm³/mol. The minimum absolute atomic E-state index is 0.325. The van der Waals surface area contributed by atoms with Crippen molar-refractivity contribution in [2.45, 2.75) is 13.8 Å². The summed E-state index contributed by atoms with van der Waals surface area (Å²) in [5.41, 5.74) is 2.06. The molecule has 4 aromatic rings. The molecule has 0 unspecified atom stereocenters. The van der Waals surface area contributed by atoms with Gasteiger partial charge >= 0.3 is 0 Å². The summed E-state index contributed by atoms with van der Waals surface area (Å²) < 4.78 is 13.3. The van der Waals surface area contributed by atoms with Crippen LogP contribution >= 0.6 is 11.6 Å². The Morgan fingerprint density at radius 1 is 1.10 bits per heavy atom. The molecule has 4 rings (SSSR count). The summed E-state index contributed by atoms with van der Waals surface area (Å²) >= 11 is 6.17. The van der Waals surface area contributed by atoms with E-state index in [1.807, 2.05) is 49.4 Å². The van der Waals surface area contributed by atoms with Crippen molar-refractivity contribution in [3.63, 3.8) is 0 Å². The fourth-order valence-corrected chi connectivity index (χ4v) is 3.36. The summed E-state index contributed by atoms with van der Waals surface area (Å²) in [6.07, 6.45) is 1.78. The van der Waals surface area contributed by atoms with Gasteiger partial charge in [-0.1, -0.05) is 29.8 Å². The van der Waals surface area contributed by atoms with Crippen LogP contribution in [0.2, 0.25) is 5.02 Å². The molecule has 152 valence electrons. The molecule has 2 heterocycles. The molecule has 7 heteroatoms. The number of anilines is 1. The number of hydrogen-bond donors (Lipinski definition) is 1. The lowest BCUT2D eigenvalue weighted by atomic mass is 10.2.